The molecule has 0 saturated carbocycles. The van der Waals surface area contributed by atoms with E-state index in [4.69, 9.17) is 4.74 Å². The molecule has 0 spiro atoms. The van der Waals surface area contributed by atoms with Crippen LogP contribution in [0.2, 0.25) is 0 Å². The second-order valence-electron chi connectivity index (χ2n) is 6.16. The summed E-state index contributed by atoms with van der Waals surface area (Å²) in [5.41, 5.74) is 1.22. The van der Waals surface area contributed by atoms with Crippen LogP contribution in [0.25, 0.3) is 0 Å². The maximum atomic E-state index is 12.0. The van der Waals surface area contributed by atoms with Crippen molar-refractivity contribution in [1.82, 2.24) is 20.9 Å². The number of carbonyl (C=O) groups excluding carboxylic acids is 1. The molecule has 1 aliphatic rings. The average Bonchev–Trinajstić information content (AvgIpc) is 2.68. The number of rotatable bonds is 9. The van der Waals surface area contributed by atoms with Crippen LogP contribution in [0.3, 0.4) is 0 Å². The first kappa shape index (κ1) is 23.6. The molecule has 0 aromatic heterocycles. The number of aliphatic imine (C=N–C) groups is 1. The highest BCUT2D eigenvalue weighted by atomic mass is 127. The van der Waals surface area contributed by atoms with Crippen LogP contribution in [0.5, 0.6) is 0 Å². The number of halogens is 1. The SMILES string of the molecule is CCNC(=NCC(=O)NCCc1ccccc1)NCCN1CCOCC1.I. The van der Waals surface area contributed by atoms with E-state index in [-0.39, 0.29) is 36.4 Å². The minimum absolute atomic E-state index is 0. The molecule has 1 fully saturated rings. The Labute approximate surface area is 179 Å². The fraction of sp³-hybridized carbons (Fsp3) is 0.579. The number of guanidine groups is 1. The van der Waals surface area contributed by atoms with Crippen molar-refractivity contribution in [3.05, 3.63) is 35.9 Å². The molecule has 8 heteroatoms. The van der Waals surface area contributed by atoms with Gasteiger partial charge in [0.15, 0.2) is 5.96 Å². The molecule has 152 valence electrons. The number of benzene rings is 1. The summed E-state index contributed by atoms with van der Waals surface area (Å²) in [7, 11) is 0. The molecule has 1 aromatic rings. The van der Waals surface area contributed by atoms with Crippen LogP contribution in [0.15, 0.2) is 35.3 Å². The molecule has 1 aliphatic heterocycles. The predicted molar refractivity (Wildman–Crippen MR) is 120 cm³/mol. The van der Waals surface area contributed by atoms with Gasteiger partial charge in [-0.15, -0.1) is 24.0 Å². The number of morpholine rings is 1. The second-order valence-corrected chi connectivity index (χ2v) is 6.16. The quantitative estimate of drug-likeness (QED) is 0.273. The summed E-state index contributed by atoms with van der Waals surface area (Å²) in [4.78, 5) is 18.7. The summed E-state index contributed by atoms with van der Waals surface area (Å²) >= 11 is 0. The first-order valence-electron chi connectivity index (χ1n) is 9.41. The second kappa shape index (κ2) is 14.6. The molecule has 1 amide bonds. The van der Waals surface area contributed by atoms with Gasteiger partial charge in [0.2, 0.25) is 5.91 Å². The number of ether oxygens (including phenoxy) is 1. The minimum Gasteiger partial charge on any atom is -0.379 e. The summed E-state index contributed by atoms with van der Waals surface area (Å²) in [6.45, 7) is 8.81. The Hall–Kier alpha value is -1.39. The zero-order chi connectivity index (χ0) is 18.5. The number of nitrogens with one attached hydrogen (secondary N) is 3. The fourth-order valence-corrected chi connectivity index (χ4v) is 2.70. The third-order valence-corrected chi connectivity index (χ3v) is 4.13. The normalized spacial score (nSPS) is 14.9. The van der Waals surface area contributed by atoms with Crippen molar-refractivity contribution in [3.8, 4) is 0 Å². The lowest BCUT2D eigenvalue weighted by molar-refractivity contribution is -0.119. The Kier molecular flexibility index (Phi) is 12.8. The standard InChI is InChI=1S/C19H31N5O2.HI/c1-2-20-19(22-10-11-24-12-14-26-15-13-24)23-16-18(25)21-9-8-17-6-4-3-5-7-17;/h3-7H,2,8-16H2,1H3,(H,21,25)(H2,20,22,23);1H. The highest BCUT2D eigenvalue weighted by Crippen LogP contribution is 1.98. The van der Waals surface area contributed by atoms with E-state index in [0.717, 1.165) is 52.4 Å². The van der Waals surface area contributed by atoms with Gasteiger partial charge in [-0.25, -0.2) is 4.99 Å². The Morgan fingerprint density at radius 1 is 1.11 bits per heavy atom. The molecule has 0 atom stereocenters. The van der Waals surface area contributed by atoms with Crippen LogP contribution >= 0.6 is 24.0 Å². The number of nitrogens with zero attached hydrogens (tertiary/aromatic N) is 2. The topological polar surface area (TPSA) is 78.0 Å². The molecule has 1 heterocycles. The Morgan fingerprint density at radius 2 is 1.85 bits per heavy atom. The highest BCUT2D eigenvalue weighted by molar-refractivity contribution is 14.0. The maximum absolute atomic E-state index is 12.0. The molecular weight excluding hydrogens is 457 g/mol. The van der Waals surface area contributed by atoms with Gasteiger partial charge in [-0.3, -0.25) is 9.69 Å². The molecule has 27 heavy (non-hydrogen) atoms. The summed E-state index contributed by atoms with van der Waals surface area (Å²) in [5, 5.41) is 9.37. The molecule has 7 nitrogen and oxygen atoms in total. The van der Waals surface area contributed by atoms with Crippen molar-refractivity contribution in [2.24, 2.45) is 4.99 Å². The van der Waals surface area contributed by atoms with Crippen molar-refractivity contribution in [1.29, 1.82) is 0 Å². The fourth-order valence-electron chi connectivity index (χ4n) is 2.70. The van der Waals surface area contributed by atoms with Gasteiger partial charge in [0.05, 0.1) is 13.2 Å². The summed E-state index contributed by atoms with van der Waals surface area (Å²) in [5.74, 6) is 0.616. The van der Waals surface area contributed by atoms with E-state index in [1.165, 1.54) is 5.56 Å². The zero-order valence-corrected chi connectivity index (χ0v) is 18.4. The number of amides is 1. The van der Waals surface area contributed by atoms with E-state index in [0.29, 0.717) is 12.5 Å². The largest absolute Gasteiger partial charge is 0.379 e. The molecule has 0 bridgehead atoms. The van der Waals surface area contributed by atoms with Crippen LogP contribution in [0.1, 0.15) is 12.5 Å². The lowest BCUT2D eigenvalue weighted by Gasteiger charge is -2.26. The van der Waals surface area contributed by atoms with E-state index in [2.05, 4.69) is 38.0 Å². The van der Waals surface area contributed by atoms with Gasteiger partial charge in [0.1, 0.15) is 6.54 Å². The summed E-state index contributed by atoms with van der Waals surface area (Å²) in [6, 6.07) is 10.1. The summed E-state index contributed by atoms with van der Waals surface area (Å²) < 4.78 is 5.35. The van der Waals surface area contributed by atoms with Gasteiger partial charge in [-0.05, 0) is 18.9 Å². The lowest BCUT2D eigenvalue weighted by Crippen LogP contribution is -2.44. The molecule has 1 aromatic carbocycles. The highest BCUT2D eigenvalue weighted by Gasteiger charge is 2.09. The van der Waals surface area contributed by atoms with Gasteiger partial charge >= 0.3 is 0 Å². The number of carbonyl (C=O) groups is 1. The summed E-state index contributed by atoms with van der Waals surface area (Å²) in [6.07, 6.45) is 0.828. The minimum atomic E-state index is -0.0636. The van der Waals surface area contributed by atoms with E-state index in [1.54, 1.807) is 0 Å². The lowest BCUT2D eigenvalue weighted by atomic mass is 10.1. The van der Waals surface area contributed by atoms with Gasteiger partial charge in [0.25, 0.3) is 0 Å². The average molecular weight is 489 g/mol. The van der Waals surface area contributed by atoms with Crippen LogP contribution in [-0.2, 0) is 16.0 Å². The first-order valence-corrected chi connectivity index (χ1v) is 9.41. The third kappa shape index (κ3) is 10.5. The third-order valence-electron chi connectivity index (χ3n) is 4.13. The molecule has 0 aliphatic carbocycles. The molecule has 1 saturated heterocycles. The van der Waals surface area contributed by atoms with Crippen molar-refractivity contribution in [2.75, 3.05) is 59.0 Å². The zero-order valence-electron chi connectivity index (χ0n) is 16.1. The van der Waals surface area contributed by atoms with E-state index in [9.17, 15) is 4.79 Å². The van der Waals surface area contributed by atoms with Crippen LogP contribution in [0.4, 0.5) is 0 Å². The van der Waals surface area contributed by atoms with E-state index >= 15 is 0 Å². The van der Waals surface area contributed by atoms with Gasteiger partial charge in [0, 0.05) is 39.3 Å². The molecule has 3 N–H and O–H groups in total. The van der Waals surface area contributed by atoms with Crippen LogP contribution in [0, 0.1) is 0 Å². The first-order chi connectivity index (χ1) is 12.8. The van der Waals surface area contributed by atoms with Crippen LogP contribution in [-0.4, -0.2) is 75.8 Å². The van der Waals surface area contributed by atoms with E-state index in [1.807, 2.05) is 25.1 Å². The Balaban J connectivity index is 0.00000364. The smallest absolute Gasteiger partial charge is 0.241 e. The monoisotopic (exact) mass is 489 g/mol. The molecule has 0 unspecified atom stereocenters. The molecular formula is C19H32IN5O2. The van der Waals surface area contributed by atoms with Crippen LogP contribution < -0.4 is 16.0 Å². The Morgan fingerprint density at radius 3 is 2.56 bits per heavy atom. The van der Waals surface area contributed by atoms with Gasteiger partial charge in [-0.2, -0.15) is 0 Å². The van der Waals surface area contributed by atoms with Crippen molar-refractivity contribution in [3.63, 3.8) is 0 Å². The van der Waals surface area contributed by atoms with Crippen molar-refractivity contribution >= 4 is 35.8 Å². The van der Waals surface area contributed by atoms with E-state index < -0.39 is 0 Å². The molecule has 2 rings (SSSR count). The molecule has 0 radical (unpaired) electrons. The predicted octanol–water partition coefficient (Wildman–Crippen LogP) is 0.851. The number of hydrogen-bond donors (Lipinski definition) is 3. The van der Waals surface area contributed by atoms with Crippen molar-refractivity contribution in [2.45, 2.75) is 13.3 Å². The number of hydrogen-bond acceptors (Lipinski definition) is 4. The van der Waals surface area contributed by atoms with Crippen molar-refractivity contribution < 1.29 is 9.53 Å². The maximum Gasteiger partial charge on any atom is 0.241 e. The Bertz CT molecular complexity index is 550. The van der Waals surface area contributed by atoms with Gasteiger partial charge in [-0.1, -0.05) is 30.3 Å². The van der Waals surface area contributed by atoms with Gasteiger partial charge < -0.3 is 20.7 Å².